The van der Waals surface area contributed by atoms with E-state index in [0.29, 0.717) is 17.4 Å². The first kappa shape index (κ1) is 15.6. The fourth-order valence-corrected chi connectivity index (χ4v) is 2.73. The molecule has 4 nitrogen and oxygen atoms in total. The molecule has 1 N–H and O–H groups in total. The van der Waals surface area contributed by atoms with Gasteiger partial charge in [-0.15, -0.1) is 0 Å². The summed E-state index contributed by atoms with van der Waals surface area (Å²) in [6, 6.07) is 15.7. The maximum atomic E-state index is 12.2. The standard InChI is InChI=1S/C18H18ClN3O/c1-22-16-10-9-14(12-15(16)21-18(22)19)17(23)20-11-5-8-13-6-3-2-4-7-13/h2-4,6-7,9-10,12H,5,8,11H2,1H3,(H,20,23). The lowest BCUT2D eigenvalue weighted by Crippen LogP contribution is -2.24. The lowest BCUT2D eigenvalue weighted by molar-refractivity contribution is 0.0953. The van der Waals surface area contributed by atoms with Crippen LogP contribution in [0.4, 0.5) is 0 Å². The number of amides is 1. The van der Waals surface area contributed by atoms with Gasteiger partial charge in [-0.25, -0.2) is 4.98 Å². The summed E-state index contributed by atoms with van der Waals surface area (Å²) in [7, 11) is 1.85. The third-order valence-corrected chi connectivity index (χ3v) is 4.20. The van der Waals surface area contributed by atoms with Crippen molar-refractivity contribution < 1.29 is 4.79 Å². The van der Waals surface area contributed by atoms with Gasteiger partial charge in [0.15, 0.2) is 0 Å². The van der Waals surface area contributed by atoms with E-state index < -0.39 is 0 Å². The molecular formula is C18H18ClN3O. The Kier molecular flexibility index (Phi) is 4.63. The van der Waals surface area contributed by atoms with E-state index in [2.05, 4.69) is 22.4 Å². The highest BCUT2D eigenvalue weighted by Gasteiger charge is 2.10. The molecule has 1 amide bonds. The summed E-state index contributed by atoms with van der Waals surface area (Å²) >= 11 is 6.00. The highest BCUT2D eigenvalue weighted by molar-refractivity contribution is 6.29. The van der Waals surface area contributed by atoms with E-state index in [4.69, 9.17) is 11.6 Å². The second-order valence-electron chi connectivity index (χ2n) is 5.49. The van der Waals surface area contributed by atoms with E-state index in [1.54, 1.807) is 16.7 Å². The van der Waals surface area contributed by atoms with E-state index >= 15 is 0 Å². The molecule has 0 aliphatic carbocycles. The van der Waals surface area contributed by atoms with Crippen molar-refractivity contribution in [2.24, 2.45) is 7.05 Å². The number of nitrogens with zero attached hydrogens (tertiary/aromatic N) is 2. The van der Waals surface area contributed by atoms with Gasteiger partial charge in [0, 0.05) is 19.2 Å². The zero-order valence-corrected chi connectivity index (χ0v) is 13.7. The van der Waals surface area contributed by atoms with Crippen molar-refractivity contribution in [1.82, 2.24) is 14.9 Å². The van der Waals surface area contributed by atoms with E-state index in [0.717, 1.165) is 23.9 Å². The second kappa shape index (κ2) is 6.84. The van der Waals surface area contributed by atoms with Gasteiger partial charge in [0.05, 0.1) is 11.0 Å². The van der Waals surface area contributed by atoms with Crippen molar-refractivity contribution in [2.75, 3.05) is 6.54 Å². The fraction of sp³-hybridized carbons (Fsp3) is 0.222. The van der Waals surface area contributed by atoms with Gasteiger partial charge in [-0.1, -0.05) is 30.3 Å². The number of benzene rings is 2. The summed E-state index contributed by atoms with van der Waals surface area (Å²) in [6.45, 7) is 0.648. The first-order valence-electron chi connectivity index (χ1n) is 7.59. The van der Waals surface area contributed by atoms with Crippen LogP contribution in [-0.4, -0.2) is 22.0 Å². The molecule has 0 saturated heterocycles. The van der Waals surface area contributed by atoms with Gasteiger partial charge in [0.1, 0.15) is 0 Å². The topological polar surface area (TPSA) is 46.9 Å². The lowest BCUT2D eigenvalue weighted by atomic mass is 10.1. The molecule has 0 fully saturated rings. The third kappa shape index (κ3) is 3.54. The molecule has 1 aromatic heterocycles. The molecule has 23 heavy (non-hydrogen) atoms. The predicted molar refractivity (Wildman–Crippen MR) is 92.8 cm³/mol. The Hall–Kier alpha value is -2.33. The Morgan fingerprint density at radius 1 is 1.22 bits per heavy atom. The van der Waals surface area contributed by atoms with Gasteiger partial charge >= 0.3 is 0 Å². The number of nitrogens with one attached hydrogen (secondary N) is 1. The van der Waals surface area contributed by atoms with Crippen LogP contribution >= 0.6 is 11.6 Å². The smallest absolute Gasteiger partial charge is 0.251 e. The molecule has 0 atom stereocenters. The first-order valence-corrected chi connectivity index (χ1v) is 7.97. The van der Waals surface area contributed by atoms with E-state index in [-0.39, 0.29) is 5.91 Å². The van der Waals surface area contributed by atoms with Gasteiger partial charge in [0.25, 0.3) is 5.91 Å². The molecule has 1 heterocycles. The zero-order chi connectivity index (χ0) is 16.2. The van der Waals surface area contributed by atoms with Gasteiger partial charge in [0.2, 0.25) is 5.28 Å². The molecule has 3 rings (SSSR count). The molecule has 0 spiro atoms. The molecule has 2 aromatic carbocycles. The van der Waals surface area contributed by atoms with Crippen LogP contribution in [0.1, 0.15) is 22.3 Å². The van der Waals surface area contributed by atoms with Crippen LogP contribution in [-0.2, 0) is 13.5 Å². The Bertz CT molecular complexity index is 827. The minimum atomic E-state index is -0.0817. The molecule has 0 unspecified atom stereocenters. The number of imidazole rings is 1. The number of carbonyl (C=O) groups is 1. The normalized spacial score (nSPS) is 10.9. The predicted octanol–water partition coefficient (Wildman–Crippen LogP) is 3.59. The molecule has 0 aliphatic heterocycles. The maximum absolute atomic E-state index is 12.2. The van der Waals surface area contributed by atoms with Crippen molar-refractivity contribution in [1.29, 1.82) is 0 Å². The summed E-state index contributed by atoms with van der Waals surface area (Å²) in [5.41, 5.74) is 3.53. The fourth-order valence-electron chi connectivity index (χ4n) is 2.55. The Morgan fingerprint density at radius 2 is 2.00 bits per heavy atom. The molecule has 5 heteroatoms. The van der Waals surface area contributed by atoms with Crippen LogP contribution in [0.3, 0.4) is 0 Å². The van der Waals surface area contributed by atoms with E-state index in [9.17, 15) is 4.79 Å². The third-order valence-electron chi connectivity index (χ3n) is 3.86. The Morgan fingerprint density at radius 3 is 2.78 bits per heavy atom. The largest absolute Gasteiger partial charge is 0.352 e. The lowest BCUT2D eigenvalue weighted by Gasteiger charge is -2.06. The van der Waals surface area contributed by atoms with Crippen LogP contribution in [0.25, 0.3) is 11.0 Å². The van der Waals surface area contributed by atoms with Crippen molar-refractivity contribution in [3.8, 4) is 0 Å². The highest BCUT2D eigenvalue weighted by atomic mass is 35.5. The SMILES string of the molecule is Cn1c(Cl)nc2cc(C(=O)NCCCc3ccccc3)ccc21. The van der Waals surface area contributed by atoms with Gasteiger partial charge in [-0.3, -0.25) is 4.79 Å². The van der Waals surface area contributed by atoms with Crippen molar-refractivity contribution in [3.63, 3.8) is 0 Å². The van der Waals surface area contributed by atoms with Crippen LogP contribution in [0.5, 0.6) is 0 Å². The van der Waals surface area contributed by atoms with Crippen molar-refractivity contribution in [3.05, 3.63) is 64.9 Å². The number of aromatic nitrogens is 2. The van der Waals surface area contributed by atoms with Gasteiger partial charge in [-0.05, 0) is 48.2 Å². The number of aryl methyl sites for hydroxylation is 2. The van der Waals surface area contributed by atoms with Gasteiger partial charge < -0.3 is 9.88 Å². The first-order chi connectivity index (χ1) is 11.1. The Labute approximate surface area is 140 Å². The second-order valence-corrected chi connectivity index (χ2v) is 5.83. The number of halogens is 1. The van der Waals surface area contributed by atoms with E-state index in [1.165, 1.54) is 5.56 Å². The maximum Gasteiger partial charge on any atom is 0.251 e. The minimum absolute atomic E-state index is 0.0817. The Balaban J connectivity index is 1.58. The van der Waals surface area contributed by atoms with Gasteiger partial charge in [-0.2, -0.15) is 0 Å². The van der Waals surface area contributed by atoms with Crippen molar-refractivity contribution >= 4 is 28.5 Å². The summed E-state index contributed by atoms with van der Waals surface area (Å²) in [6.07, 6.45) is 1.86. The molecule has 0 radical (unpaired) electrons. The molecular weight excluding hydrogens is 310 g/mol. The average Bonchev–Trinajstić information content (AvgIpc) is 2.86. The molecule has 0 bridgehead atoms. The monoisotopic (exact) mass is 327 g/mol. The molecule has 0 saturated carbocycles. The molecule has 118 valence electrons. The number of fused-ring (bicyclic) bond motifs is 1. The quantitative estimate of drug-likeness (QED) is 0.728. The average molecular weight is 328 g/mol. The number of rotatable bonds is 5. The number of hydrogen-bond donors (Lipinski definition) is 1. The number of carbonyl (C=O) groups excluding carboxylic acids is 1. The number of hydrogen-bond acceptors (Lipinski definition) is 2. The van der Waals surface area contributed by atoms with Crippen LogP contribution in [0.15, 0.2) is 48.5 Å². The summed E-state index contributed by atoms with van der Waals surface area (Å²) < 4.78 is 1.79. The summed E-state index contributed by atoms with van der Waals surface area (Å²) in [5.74, 6) is -0.0817. The minimum Gasteiger partial charge on any atom is -0.352 e. The highest BCUT2D eigenvalue weighted by Crippen LogP contribution is 2.19. The molecule has 0 aliphatic rings. The molecule has 3 aromatic rings. The van der Waals surface area contributed by atoms with E-state index in [1.807, 2.05) is 31.3 Å². The van der Waals surface area contributed by atoms with Crippen molar-refractivity contribution in [2.45, 2.75) is 12.8 Å². The van der Waals surface area contributed by atoms with Crippen LogP contribution in [0, 0.1) is 0 Å². The summed E-state index contributed by atoms with van der Waals surface area (Å²) in [4.78, 5) is 16.5. The zero-order valence-electron chi connectivity index (χ0n) is 12.9. The van der Waals surface area contributed by atoms with Crippen LogP contribution < -0.4 is 5.32 Å². The van der Waals surface area contributed by atoms with Crippen LogP contribution in [0.2, 0.25) is 5.28 Å². The summed E-state index contributed by atoms with van der Waals surface area (Å²) in [5, 5.41) is 3.37.